The zero-order valence-electron chi connectivity index (χ0n) is 14.8. The molecule has 2 saturated heterocycles. The molecular formula is C17H30N4O2S. The van der Waals surface area contributed by atoms with Gasteiger partial charge in [-0.2, -0.15) is 12.7 Å². The van der Waals surface area contributed by atoms with Crippen LogP contribution in [-0.4, -0.2) is 54.8 Å². The van der Waals surface area contributed by atoms with E-state index in [4.69, 9.17) is 0 Å². The van der Waals surface area contributed by atoms with Crippen LogP contribution in [0, 0.1) is 0 Å². The molecule has 2 N–H and O–H groups in total. The minimum absolute atomic E-state index is 0.472. The second-order valence-corrected chi connectivity index (χ2v) is 8.62. The van der Waals surface area contributed by atoms with Crippen molar-refractivity contribution in [1.82, 2.24) is 14.2 Å². The number of nitrogens with one attached hydrogen (secondary N) is 2. The van der Waals surface area contributed by atoms with Gasteiger partial charge in [0.1, 0.15) is 5.82 Å². The quantitative estimate of drug-likeness (QED) is 0.825. The number of H-pyrrole nitrogens is 1. The summed E-state index contributed by atoms with van der Waals surface area (Å²) in [6.07, 6.45) is 8.32. The van der Waals surface area contributed by atoms with Crippen LogP contribution in [0.15, 0.2) is 12.3 Å². The summed E-state index contributed by atoms with van der Waals surface area (Å²) in [5.74, 6) is 1.11. The van der Waals surface area contributed by atoms with Gasteiger partial charge < -0.3 is 9.88 Å². The Morgan fingerprint density at radius 3 is 2.79 bits per heavy atom. The Labute approximate surface area is 145 Å². The molecule has 0 amide bonds. The van der Waals surface area contributed by atoms with Gasteiger partial charge in [0.05, 0.1) is 0 Å². The number of aromatic nitrogens is 1. The fourth-order valence-electron chi connectivity index (χ4n) is 4.16. The maximum absolute atomic E-state index is 12.3. The van der Waals surface area contributed by atoms with Crippen LogP contribution in [0.4, 0.5) is 5.82 Å². The van der Waals surface area contributed by atoms with Crippen LogP contribution in [0.2, 0.25) is 0 Å². The summed E-state index contributed by atoms with van der Waals surface area (Å²) in [7, 11) is -3.47. The van der Waals surface area contributed by atoms with E-state index in [1.54, 1.807) is 0 Å². The van der Waals surface area contributed by atoms with Crippen molar-refractivity contribution in [3.63, 3.8) is 0 Å². The molecule has 3 rings (SSSR count). The Kier molecular flexibility index (Phi) is 5.52. The van der Waals surface area contributed by atoms with Gasteiger partial charge in [0.25, 0.3) is 0 Å². The number of anilines is 1. The smallest absolute Gasteiger partial charge is 0.302 e. The maximum atomic E-state index is 12.3. The Hall–Kier alpha value is -1.05. The number of nitrogens with zero attached hydrogens (tertiary/aromatic N) is 2. The third kappa shape index (κ3) is 3.78. The van der Waals surface area contributed by atoms with E-state index in [-0.39, 0.29) is 0 Å². The third-order valence-electron chi connectivity index (χ3n) is 5.53. The van der Waals surface area contributed by atoms with Crippen LogP contribution in [0.5, 0.6) is 0 Å². The van der Waals surface area contributed by atoms with Crippen LogP contribution in [-0.2, 0) is 10.2 Å². The number of hydrogen-bond acceptors (Lipinski definition) is 3. The molecule has 2 aliphatic rings. The van der Waals surface area contributed by atoms with Gasteiger partial charge in [0, 0.05) is 25.3 Å². The molecule has 136 valence electrons. The fraction of sp³-hybridized carbons (Fsp3) is 0.765. The van der Waals surface area contributed by atoms with Crippen molar-refractivity contribution in [2.75, 3.05) is 30.9 Å². The lowest BCUT2D eigenvalue weighted by Gasteiger charge is -2.42. The van der Waals surface area contributed by atoms with Crippen molar-refractivity contribution >= 4 is 16.0 Å². The molecule has 0 saturated carbocycles. The van der Waals surface area contributed by atoms with Crippen molar-refractivity contribution < 1.29 is 8.42 Å². The minimum atomic E-state index is -3.47. The van der Waals surface area contributed by atoms with Gasteiger partial charge in [-0.05, 0) is 56.3 Å². The average Bonchev–Trinajstić information content (AvgIpc) is 3.03. The second-order valence-electron chi connectivity index (χ2n) is 6.94. The van der Waals surface area contributed by atoms with Crippen molar-refractivity contribution in [1.29, 1.82) is 0 Å². The molecule has 6 nitrogen and oxygen atoms in total. The molecule has 2 atom stereocenters. The Morgan fingerprint density at radius 1 is 1.25 bits per heavy atom. The van der Waals surface area contributed by atoms with E-state index in [1.807, 2.05) is 26.1 Å². The van der Waals surface area contributed by atoms with Gasteiger partial charge in [-0.1, -0.05) is 20.3 Å². The highest BCUT2D eigenvalue weighted by molar-refractivity contribution is 7.90. The van der Waals surface area contributed by atoms with Crippen molar-refractivity contribution in [2.45, 2.75) is 57.9 Å². The molecule has 0 spiro atoms. The molecule has 7 heteroatoms. The summed E-state index contributed by atoms with van der Waals surface area (Å²) < 4.78 is 28.7. The Morgan fingerprint density at radius 2 is 2.04 bits per heavy atom. The topological polar surface area (TPSA) is 68.4 Å². The van der Waals surface area contributed by atoms with E-state index in [2.05, 4.69) is 14.6 Å². The summed E-state index contributed by atoms with van der Waals surface area (Å²) in [6.45, 7) is 7.06. The third-order valence-corrected chi connectivity index (χ3v) is 7.21. The number of aromatic amines is 1. The molecule has 24 heavy (non-hydrogen) atoms. The highest BCUT2D eigenvalue weighted by Crippen LogP contribution is 2.36. The highest BCUT2D eigenvalue weighted by atomic mass is 32.2. The molecule has 2 unspecified atom stereocenters. The van der Waals surface area contributed by atoms with Gasteiger partial charge in [-0.25, -0.2) is 0 Å². The van der Waals surface area contributed by atoms with Crippen LogP contribution < -0.4 is 4.72 Å². The Balaban J connectivity index is 1.65. The number of rotatable bonds is 6. The predicted octanol–water partition coefficient (Wildman–Crippen LogP) is 2.75. The molecule has 0 radical (unpaired) electrons. The van der Waals surface area contributed by atoms with E-state index < -0.39 is 10.2 Å². The molecule has 1 aromatic rings. The lowest BCUT2D eigenvalue weighted by atomic mass is 9.83. The van der Waals surface area contributed by atoms with E-state index in [0.29, 0.717) is 30.9 Å². The van der Waals surface area contributed by atoms with Gasteiger partial charge in [-0.15, -0.1) is 0 Å². The Bertz CT molecular complexity index is 639. The van der Waals surface area contributed by atoms with E-state index in [1.165, 1.54) is 48.6 Å². The first-order valence-corrected chi connectivity index (χ1v) is 10.7. The summed E-state index contributed by atoms with van der Waals surface area (Å²) in [6, 6.07) is 2.69. The lowest BCUT2D eigenvalue weighted by molar-refractivity contribution is 0.0975. The van der Waals surface area contributed by atoms with Crippen molar-refractivity contribution in [2.24, 2.45) is 0 Å². The zero-order valence-corrected chi connectivity index (χ0v) is 15.6. The first-order chi connectivity index (χ1) is 11.5. The predicted molar refractivity (Wildman–Crippen MR) is 97.4 cm³/mol. The molecule has 3 heterocycles. The van der Waals surface area contributed by atoms with Crippen LogP contribution in [0.25, 0.3) is 0 Å². The number of piperidine rings is 2. The number of fused-ring (bicyclic) bond motifs is 1. The summed E-state index contributed by atoms with van der Waals surface area (Å²) in [5.41, 5.74) is 1.23. The van der Waals surface area contributed by atoms with Crippen LogP contribution >= 0.6 is 0 Å². The van der Waals surface area contributed by atoms with Crippen LogP contribution in [0.3, 0.4) is 0 Å². The lowest BCUT2D eigenvalue weighted by Crippen LogP contribution is -2.44. The molecular weight excluding hydrogens is 324 g/mol. The first kappa shape index (κ1) is 17.8. The SMILES string of the molecule is CCN(CC)S(=O)(=O)Nc1cc(C2CCN3CCCCC3C2)c[nH]1. The normalized spacial score (nSPS) is 25.6. The molecule has 2 aliphatic heterocycles. The first-order valence-electron chi connectivity index (χ1n) is 9.23. The standard InChI is InChI=1S/C17H30N4O2S/c1-3-21(4-2)24(22,23)19-17-12-15(13-18-17)14-8-10-20-9-6-5-7-16(20)11-14/h12-14,16,18-19H,3-11H2,1-2H3. The van der Waals surface area contributed by atoms with Crippen LogP contribution in [0.1, 0.15) is 57.4 Å². The average molecular weight is 355 g/mol. The molecule has 1 aromatic heterocycles. The van der Waals surface area contributed by atoms with Crippen molar-refractivity contribution in [3.05, 3.63) is 17.8 Å². The molecule has 0 aromatic carbocycles. The second kappa shape index (κ2) is 7.45. The van der Waals surface area contributed by atoms with E-state index >= 15 is 0 Å². The maximum Gasteiger partial charge on any atom is 0.302 e. The summed E-state index contributed by atoms with van der Waals surface area (Å²) in [4.78, 5) is 5.74. The van der Waals surface area contributed by atoms with Gasteiger partial charge in [0.15, 0.2) is 0 Å². The largest absolute Gasteiger partial charge is 0.347 e. The van der Waals surface area contributed by atoms with Gasteiger partial charge in [-0.3, -0.25) is 4.72 Å². The van der Waals surface area contributed by atoms with E-state index in [0.717, 1.165) is 6.42 Å². The fourth-order valence-corrected chi connectivity index (χ4v) is 5.37. The highest BCUT2D eigenvalue weighted by Gasteiger charge is 2.31. The van der Waals surface area contributed by atoms with E-state index in [9.17, 15) is 8.42 Å². The van der Waals surface area contributed by atoms with Gasteiger partial charge >= 0.3 is 10.2 Å². The zero-order chi connectivity index (χ0) is 17.2. The number of hydrogen-bond donors (Lipinski definition) is 2. The van der Waals surface area contributed by atoms with Crippen molar-refractivity contribution in [3.8, 4) is 0 Å². The van der Waals surface area contributed by atoms with Gasteiger partial charge in [0.2, 0.25) is 0 Å². The monoisotopic (exact) mass is 354 g/mol. The molecule has 0 bridgehead atoms. The summed E-state index contributed by atoms with van der Waals surface area (Å²) >= 11 is 0. The minimum Gasteiger partial charge on any atom is -0.347 e. The summed E-state index contributed by atoms with van der Waals surface area (Å²) in [5, 5.41) is 0. The molecule has 0 aliphatic carbocycles. The molecule has 2 fully saturated rings.